The number of nitrogens with zero attached hydrogens (tertiary/aromatic N) is 3. The first-order valence-electron chi connectivity index (χ1n) is 9.86. The van der Waals surface area contributed by atoms with Gasteiger partial charge in [0.15, 0.2) is 0 Å². The van der Waals surface area contributed by atoms with E-state index in [2.05, 4.69) is 46.4 Å². The predicted molar refractivity (Wildman–Crippen MR) is 109 cm³/mol. The van der Waals surface area contributed by atoms with Gasteiger partial charge < -0.3 is 14.9 Å². The van der Waals surface area contributed by atoms with Crippen LogP contribution in [0.2, 0.25) is 0 Å². The molecule has 0 radical (unpaired) electrons. The van der Waals surface area contributed by atoms with Crippen molar-refractivity contribution in [1.82, 2.24) is 15.1 Å². The van der Waals surface area contributed by atoms with E-state index in [0.29, 0.717) is 36.3 Å². The zero-order valence-electron chi connectivity index (χ0n) is 16.5. The van der Waals surface area contributed by atoms with E-state index in [1.165, 1.54) is 5.56 Å². The number of hydrogen-bond acceptors (Lipinski definition) is 6. The van der Waals surface area contributed by atoms with Crippen molar-refractivity contribution in [2.75, 3.05) is 5.32 Å². The summed E-state index contributed by atoms with van der Waals surface area (Å²) in [6.07, 6.45) is 3.99. The first kappa shape index (κ1) is 19.1. The molecule has 4 rings (SSSR count). The van der Waals surface area contributed by atoms with Crippen molar-refractivity contribution in [3.05, 3.63) is 48.2 Å². The van der Waals surface area contributed by atoms with Crippen molar-refractivity contribution >= 4 is 11.8 Å². The van der Waals surface area contributed by atoms with Crippen LogP contribution in [0.4, 0.5) is 5.82 Å². The van der Waals surface area contributed by atoms with Crippen LogP contribution in [0.5, 0.6) is 0 Å². The van der Waals surface area contributed by atoms with Gasteiger partial charge in [0.1, 0.15) is 5.82 Å². The number of aliphatic carboxylic acids is 1. The lowest BCUT2D eigenvalue weighted by atomic mass is 9.80. The van der Waals surface area contributed by atoms with Gasteiger partial charge in [-0.05, 0) is 55.0 Å². The molecule has 1 aromatic carbocycles. The van der Waals surface area contributed by atoms with Crippen molar-refractivity contribution in [2.45, 2.75) is 39.2 Å². The molecule has 0 bridgehead atoms. The molecule has 3 aromatic rings. The Kier molecular flexibility index (Phi) is 5.29. The molecule has 0 amide bonds. The second-order valence-electron chi connectivity index (χ2n) is 8.00. The number of pyridine rings is 1. The Balaban J connectivity index is 1.39. The number of carboxylic acid groups (broad SMARTS) is 1. The summed E-state index contributed by atoms with van der Waals surface area (Å²) in [5, 5.41) is 16.3. The number of benzene rings is 1. The van der Waals surface area contributed by atoms with Crippen LogP contribution in [0, 0.1) is 11.8 Å². The highest BCUT2D eigenvalue weighted by atomic mass is 16.5. The second-order valence-corrected chi connectivity index (χ2v) is 8.00. The Morgan fingerprint density at radius 1 is 1.17 bits per heavy atom. The van der Waals surface area contributed by atoms with Gasteiger partial charge >= 0.3 is 5.97 Å². The fourth-order valence-corrected chi connectivity index (χ4v) is 3.47. The Hall–Kier alpha value is -3.22. The summed E-state index contributed by atoms with van der Waals surface area (Å²) in [7, 11) is 0. The maximum Gasteiger partial charge on any atom is 0.306 e. The van der Waals surface area contributed by atoms with Crippen molar-refractivity contribution in [3.8, 4) is 22.8 Å². The van der Waals surface area contributed by atoms with Gasteiger partial charge in [-0.3, -0.25) is 4.79 Å². The van der Waals surface area contributed by atoms with E-state index in [0.717, 1.165) is 17.5 Å². The minimum Gasteiger partial charge on any atom is -0.481 e. The molecule has 0 aliphatic heterocycles. The highest BCUT2D eigenvalue weighted by molar-refractivity contribution is 5.71. The van der Waals surface area contributed by atoms with E-state index in [-0.39, 0.29) is 12.0 Å². The van der Waals surface area contributed by atoms with Crippen molar-refractivity contribution < 1.29 is 14.4 Å². The SMILES string of the molecule is CC(C)Cc1ccc(-c2nc(-c3ccc(NC4CC(C(=O)O)C4)nc3)no2)cc1. The highest BCUT2D eigenvalue weighted by Crippen LogP contribution is 2.30. The molecule has 2 N–H and O–H groups in total. The number of nitrogens with one attached hydrogen (secondary N) is 1. The summed E-state index contributed by atoms with van der Waals surface area (Å²) in [6.45, 7) is 4.40. The molecule has 29 heavy (non-hydrogen) atoms. The van der Waals surface area contributed by atoms with Crippen LogP contribution >= 0.6 is 0 Å². The topological polar surface area (TPSA) is 101 Å². The minimum absolute atomic E-state index is 0.157. The number of aromatic nitrogens is 3. The van der Waals surface area contributed by atoms with Crippen LogP contribution in [0.3, 0.4) is 0 Å². The van der Waals surface area contributed by atoms with Crippen LogP contribution < -0.4 is 5.32 Å². The summed E-state index contributed by atoms with van der Waals surface area (Å²) < 4.78 is 5.42. The Labute approximate surface area is 169 Å². The molecule has 2 aromatic heterocycles. The third kappa shape index (κ3) is 4.45. The minimum atomic E-state index is -0.728. The molecule has 1 fully saturated rings. The number of anilines is 1. The maximum absolute atomic E-state index is 10.9. The molecule has 0 atom stereocenters. The average Bonchev–Trinajstić information content (AvgIpc) is 3.15. The van der Waals surface area contributed by atoms with Crippen molar-refractivity contribution in [3.63, 3.8) is 0 Å². The Bertz CT molecular complexity index is 974. The molecular formula is C22H24N4O3. The van der Waals surface area contributed by atoms with E-state index < -0.39 is 5.97 Å². The van der Waals surface area contributed by atoms with Crippen LogP contribution in [0.25, 0.3) is 22.8 Å². The fraction of sp³-hybridized carbons (Fsp3) is 0.364. The summed E-state index contributed by atoms with van der Waals surface area (Å²) in [4.78, 5) is 19.8. The third-order valence-corrected chi connectivity index (χ3v) is 5.13. The molecule has 2 heterocycles. The second kappa shape index (κ2) is 8.03. The van der Waals surface area contributed by atoms with Gasteiger partial charge in [0.2, 0.25) is 5.82 Å². The summed E-state index contributed by atoms with van der Waals surface area (Å²) in [6, 6.07) is 12.1. The lowest BCUT2D eigenvalue weighted by molar-refractivity contribution is -0.144. The smallest absolute Gasteiger partial charge is 0.306 e. The fourth-order valence-electron chi connectivity index (χ4n) is 3.47. The van der Waals surface area contributed by atoms with Gasteiger partial charge in [-0.1, -0.05) is 31.1 Å². The number of hydrogen-bond donors (Lipinski definition) is 2. The van der Waals surface area contributed by atoms with Crippen LogP contribution in [0.15, 0.2) is 47.1 Å². The van der Waals surface area contributed by atoms with Gasteiger partial charge in [0.05, 0.1) is 5.92 Å². The maximum atomic E-state index is 10.9. The molecular weight excluding hydrogens is 368 g/mol. The normalized spacial score (nSPS) is 18.4. The number of carboxylic acids is 1. The van der Waals surface area contributed by atoms with Crippen LogP contribution in [-0.4, -0.2) is 32.2 Å². The zero-order valence-corrected chi connectivity index (χ0v) is 16.5. The molecule has 0 spiro atoms. The molecule has 1 aliphatic rings. The van der Waals surface area contributed by atoms with Crippen molar-refractivity contribution in [2.24, 2.45) is 11.8 Å². The summed E-state index contributed by atoms with van der Waals surface area (Å²) >= 11 is 0. The van der Waals surface area contributed by atoms with Crippen molar-refractivity contribution in [1.29, 1.82) is 0 Å². The summed E-state index contributed by atoms with van der Waals surface area (Å²) in [5.41, 5.74) is 2.94. The molecule has 7 nitrogen and oxygen atoms in total. The molecule has 0 unspecified atom stereocenters. The molecule has 0 saturated heterocycles. The van der Waals surface area contributed by atoms with E-state index in [1.807, 2.05) is 24.3 Å². The van der Waals surface area contributed by atoms with E-state index in [9.17, 15) is 4.79 Å². The number of rotatable bonds is 7. The largest absolute Gasteiger partial charge is 0.481 e. The van der Waals surface area contributed by atoms with Crippen LogP contribution in [0.1, 0.15) is 32.3 Å². The Morgan fingerprint density at radius 3 is 2.52 bits per heavy atom. The average molecular weight is 392 g/mol. The monoisotopic (exact) mass is 392 g/mol. The van der Waals surface area contributed by atoms with E-state index in [4.69, 9.17) is 9.63 Å². The van der Waals surface area contributed by atoms with E-state index >= 15 is 0 Å². The zero-order chi connectivity index (χ0) is 20.4. The van der Waals surface area contributed by atoms with Gasteiger partial charge in [-0.15, -0.1) is 0 Å². The molecule has 1 aliphatic carbocycles. The molecule has 150 valence electrons. The quantitative estimate of drug-likeness (QED) is 0.619. The van der Waals surface area contributed by atoms with Gasteiger partial charge in [0, 0.05) is 23.4 Å². The predicted octanol–water partition coefficient (Wildman–Crippen LogP) is 4.27. The summed E-state index contributed by atoms with van der Waals surface area (Å²) in [5.74, 6) is 1.32. The van der Waals surface area contributed by atoms with Gasteiger partial charge in [-0.25, -0.2) is 4.98 Å². The first-order chi connectivity index (χ1) is 14.0. The first-order valence-corrected chi connectivity index (χ1v) is 9.86. The van der Waals surface area contributed by atoms with E-state index in [1.54, 1.807) is 6.20 Å². The van der Waals surface area contributed by atoms with Gasteiger partial charge in [-0.2, -0.15) is 4.98 Å². The van der Waals surface area contributed by atoms with Crippen LogP contribution in [-0.2, 0) is 11.2 Å². The molecule has 1 saturated carbocycles. The third-order valence-electron chi connectivity index (χ3n) is 5.13. The lowest BCUT2D eigenvalue weighted by Gasteiger charge is -2.33. The lowest BCUT2D eigenvalue weighted by Crippen LogP contribution is -2.39. The highest BCUT2D eigenvalue weighted by Gasteiger charge is 2.34. The Morgan fingerprint density at radius 2 is 1.90 bits per heavy atom. The standard InChI is InChI=1S/C22H24N4O3/c1-13(2)9-14-3-5-15(6-4-14)21-25-20(26-29-21)16-7-8-19(23-12-16)24-18-10-17(11-18)22(27)28/h3-8,12-13,17-18H,9-11H2,1-2H3,(H,23,24)(H,27,28). The van der Waals surface area contributed by atoms with Gasteiger partial charge in [0.25, 0.3) is 5.89 Å². The molecule has 7 heteroatoms. The number of carbonyl (C=O) groups is 1.